The third-order valence-corrected chi connectivity index (χ3v) is 6.81. The van der Waals surface area contributed by atoms with Gasteiger partial charge in [-0.05, 0) is 36.7 Å². The van der Waals surface area contributed by atoms with Crippen molar-refractivity contribution in [1.82, 2.24) is 9.91 Å². The van der Waals surface area contributed by atoms with Crippen LogP contribution in [0.1, 0.15) is 49.8 Å². The highest BCUT2D eigenvalue weighted by Gasteiger charge is 2.52. The number of para-hydroxylation sites is 1. The molecular formula is C24H28ClN3O2. The Morgan fingerprint density at radius 3 is 2.63 bits per heavy atom. The van der Waals surface area contributed by atoms with Gasteiger partial charge in [0.1, 0.15) is 0 Å². The second-order valence-corrected chi connectivity index (χ2v) is 8.82. The van der Waals surface area contributed by atoms with Crippen molar-refractivity contribution in [2.24, 2.45) is 5.10 Å². The van der Waals surface area contributed by atoms with Gasteiger partial charge in [-0.15, -0.1) is 0 Å². The first-order valence-corrected chi connectivity index (χ1v) is 11.2. The van der Waals surface area contributed by atoms with E-state index < -0.39 is 5.72 Å². The minimum atomic E-state index is -0.426. The summed E-state index contributed by atoms with van der Waals surface area (Å²) >= 11 is 6.11. The number of hydrogen-bond acceptors (Lipinski definition) is 5. The van der Waals surface area contributed by atoms with E-state index in [9.17, 15) is 0 Å². The Kier molecular flexibility index (Phi) is 5.11. The number of fused-ring (bicyclic) bond motifs is 4. The summed E-state index contributed by atoms with van der Waals surface area (Å²) in [5.74, 6) is 1.69. The molecule has 30 heavy (non-hydrogen) atoms. The van der Waals surface area contributed by atoms with Crippen molar-refractivity contribution in [2.45, 2.75) is 44.4 Å². The zero-order chi connectivity index (χ0) is 20.7. The van der Waals surface area contributed by atoms with E-state index in [-0.39, 0.29) is 6.04 Å². The van der Waals surface area contributed by atoms with Gasteiger partial charge in [0, 0.05) is 42.9 Å². The Balaban J connectivity index is 1.54. The highest BCUT2D eigenvalue weighted by atomic mass is 35.5. The fourth-order valence-corrected chi connectivity index (χ4v) is 5.15. The first kappa shape index (κ1) is 19.7. The van der Waals surface area contributed by atoms with Gasteiger partial charge in [0.25, 0.3) is 0 Å². The normalized spacial score (nSPS) is 22.3. The molecule has 0 aliphatic carbocycles. The molecule has 6 heteroatoms. The topological polar surface area (TPSA) is 37.3 Å². The molecule has 0 bridgehead atoms. The van der Waals surface area contributed by atoms with Crippen LogP contribution in [0.5, 0.6) is 11.5 Å². The van der Waals surface area contributed by atoms with Gasteiger partial charge in [-0.2, -0.15) is 5.10 Å². The minimum Gasteiger partial charge on any atom is -0.493 e. The summed E-state index contributed by atoms with van der Waals surface area (Å²) in [6.45, 7) is 5.42. The molecule has 0 amide bonds. The Morgan fingerprint density at radius 2 is 1.93 bits per heavy atom. The average Bonchev–Trinajstić information content (AvgIpc) is 3.23. The highest BCUT2D eigenvalue weighted by molar-refractivity contribution is 6.30. The summed E-state index contributed by atoms with van der Waals surface area (Å²) in [5, 5.41) is 8.13. The predicted octanol–water partition coefficient (Wildman–Crippen LogP) is 5.09. The van der Waals surface area contributed by atoms with E-state index >= 15 is 0 Å². The van der Waals surface area contributed by atoms with E-state index in [0.29, 0.717) is 0 Å². The van der Waals surface area contributed by atoms with Crippen LogP contribution in [-0.4, -0.2) is 48.1 Å². The second kappa shape index (κ2) is 7.78. The molecule has 1 unspecified atom stereocenters. The Bertz CT molecular complexity index is 951. The summed E-state index contributed by atoms with van der Waals surface area (Å²) in [6, 6.07) is 14.3. The SMILES string of the molecule is CCCN1CCC2(CC1)Oc1c(OC)cccc1C1CC(c3ccc(Cl)cc3)=NN12. The highest BCUT2D eigenvalue weighted by Crippen LogP contribution is 2.52. The third kappa shape index (κ3) is 3.25. The van der Waals surface area contributed by atoms with Crippen LogP contribution in [0.15, 0.2) is 47.6 Å². The fourth-order valence-electron chi connectivity index (χ4n) is 5.02. The summed E-state index contributed by atoms with van der Waals surface area (Å²) in [6.07, 6.45) is 3.89. The number of halogens is 1. The van der Waals surface area contributed by atoms with Crippen molar-refractivity contribution >= 4 is 17.3 Å². The molecular weight excluding hydrogens is 398 g/mol. The van der Waals surface area contributed by atoms with Gasteiger partial charge in [0.15, 0.2) is 11.5 Å². The molecule has 1 atom stereocenters. The molecule has 2 aromatic carbocycles. The molecule has 1 spiro atoms. The van der Waals surface area contributed by atoms with E-state index in [4.69, 9.17) is 26.2 Å². The lowest BCUT2D eigenvalue weighted by Crippen LogP contribution is -2.59. The molecule has 3 heterocycles. The molecule has 158 valence electrons. The monoisotopic (exact) mass is 425 g/mol. The zero-order valence-corrected chi connectivity index (χ0v) is 18.4. The second-order valence-electron chi connectivity index (χ2n) is 8.39. The molecule has 1 fully saturated rings. The number of hydrazone groups is 1. The number of likely N-dealkylation sites (tertiary alicyclic amines) is 1. The Hall–Kier alpha value is -2.24. The molecule has 2 aromatic rings. The van der Waals surface area contributed by atoms with Crippen LogP contribution in [0.25, 0.3) is 0 Å². The van der Waals surface area contributed by atoms with Gasteiger partial charge >= 0.3 is 0 Å². The van der Waals surface area contributed by atoms with Crippen molar-refractivity contribution in [3.8, 4) is 11.5 Å². The van der Waals surface area contributed by atoms with E-state index in [1.807, 2.05) is 24.3 Å². The summed E-state index contributed by atoms with van der Waals surface area (Å²) in [4.78, 5) is 2.53. The number of benzene rings is 2. The fraction of sp³-hybridized carbons (Fsp3) is 0.458. The third-order valence-electron chi connectivity index (χ3n) is 6.56. The van der Waals surface area contributed by atoms with Gasteiger partial charge in [0.05, 0.1) is 18.9 Å². The average molecular weight is 426 g/mol. The maximum atomic E-state index is 6.77. The molecule has 5 rings (SSSR count). The molecule has 5 nitrogen and oxygen atoms in total. The van der Waals surface area contributed by atoms with Crippen LogP contribution in [0.2, 0.25) is 5.02 Å². The molecule has 0 saturated carbocycles. The van der Waals surface area contributed by atoms with Gasteiger partial charge in [-0.25, -0.2) is 5.01 Å². The Labute approximate surface area is 183 Å². The standard InChI is InChI=1S/C24H28ClN3O2/c1-3-13-27-14-11-24(12-15-27)28-21(19-5-4-6-22(29-2)23(19)30-24)16-20(26-28)17-7-9-18(25)10-8-17/h4-10,21H,3,11-16H2,1-2H3. The van der Waals surface area contributed by atoms with Crippen LogP contribution in [-0.2, 0) is 0 Å². The number of hydrogen-bond donors (Lipinski definition) is 0. The molecule has 0 aromatic heterocycles. The van der Waals surface area contributed by atoms with Crippen molar-refractivity contribution < 1.29 is 9.47 Å². The maximum absolute atomic E-state index is 6.77. The molecule has 3 aliphatic heterocycles. The van der Waals surface area contributed by atoms with Gasteiger partial charge < -0.3 is 14.4 Å². The van der Waals surface area contributed by atoms with E-state index in [1.54, 1.807) is 7.11 Å². The van der Waals surface area contributed by atoms with E-state index in [1.165, 1.54) is 6.42 Å². The van der Waals surface area contributed by atoms with Crippen LogP contribution in [0.4, 0.5) is 0 Å². The van der Waals surface area contributed by atoms with Crippen LogP contribution in [0.3, 0.4) is 0 Å². The lowest BCUT2D eigenvalue weighted by Gasteiger charge is -2.51. The summed E-state index contributed by atoms with van der Waals surface area (Å²) in [7, 11) is 1.71. The van der Waals surface area contributed by atoms with Crippen molar-refractivity contribution in [1.29, 1.82) is 0 Å². The maximum Gasteiger partial charge on any atom is 0.200 e. The van der Waals surface area contributed by atoms with Crippen LogP contribution >= 0.6 is 11.6 Å². The lowest BCUT2D eigenvalue weighted by atomic mass is 9.90. The molecule has 1 saturated heterocycles. The number of rotatable bonds is 4. The Morgan fingerprint density at radius 1 is 1.17 bits per heavy atom. The number of nitrogens with zero attached hydrogens (tertiary/aromatic N) is 3. The number of ether oxygens (including phenoxy) is 2. The van der Waals surface area contributed by atoms with Gasteiger partial charge in [-0.1, -0.05) is 42.8 Å². The molecule has 0 radical (unpaired) electrons. The molecule has 0 N–H and O–H groups in total. The summed E-state index contributed by atoms with van der Waals surface area (Å²) in [5.41, 5.74) is 2.94. The van der Waals surface area contributed by atoms with E-state index in [2.05, 4.69) is 35.0 Å². The van der Waals surface area contributed by atoms with Gasteiger partial charge in [0.2, 0.25) is 5.72 Å². The van der Waals surface area contributed by atoms with Crippen molar-refractivity contribution in [3.63, 3.8) is 0 Å². The number of piperidine rings is 1. The van der Waals surface area contributed by atoms with Crippen molar-refractivity contribution in [3.05, 3.63) is 58.6 Å². The van der Waals surface area contributed by atoms with Gasteiger partial charge in [-0.3, -0.25) is 0 Å². The smallest absolute Gasteiger partial charge is 0.200 e. The first-order chi connectivity index (χ1) is 14.6. The van der Waals surface area contributed by atoms with Crippen LogP contribution in [0, 0.1) is 0 Å². The lowest BCUT2D eigenvalue weighted by molar-refractivity contribution is -0.150. The summed E-state index contributed by atoms with van der Waals surface area (Å²) < 4.78 is 12.4. The largest absolute Gasteiger partial charge is 0.493 e. The zero-order valence-electron chi connectivity index (χ0n) is 17.6. The first-order valence-electron chi connectivity index (χ1n) is 10.8. The van der Waals surface area contributed by atoms with Crippen LogP contribution < -0.4 is 9.47 Å². The van der Waals surface area contributed by atoms with E-state index in [0.717, 1.165) is 72.3 Å². The quantitative estimate of drug-likeness (QED) is 0.683. The van der Waals surface area contributed by atoms with Crippen molar-refractivity contribution in [2.75, 3.05) is 26.7 Å². The minimum absolute atomic E-state index is 0.159. The number of methoxy groups -OCH3 is 1. The predicted molar refractivity (Wildman–Crippen MR) is 120 cm³/mol. The molecule has 3 aliphatic rings.